The number of carbonyl (C=O) groups excluding carboxylic acids is 1. The topological polar surface area (TPSA) is 29.1 Å². The standard InChI is InChI=1S/C21H41NO/c1-2-3-4-5-6-7-8-9-10-11-12-13-14-15-19-22-21(23)20-17-16-18-20/h20H,2-19H2,1H3,(H,22,23). The van der Waals surface area contributed by atoms with Crippen LogP contribution >= 0.6 is 0 Å². The summed E-state index contributed by atoms with van der Waals surface area (Å²) in [6.45, 7) is 3.18. The summed E-state index contributed by atoms with van der Waals surface area (Å²) < 4.78 is 0. The second-order valence-electron chi connectivity index (χ2n) is 7.52. The number of hydrogen-bond acceptors (Lipinski definition) is 1. The molecular formula is C21H41NO. The Balaban J connectivity index is 1.67. The lowest BCUT2D eigenvalue weighted by molar-refractivity contribution is -0.127. The molecule has 0 aliphatic heterocycles. The largest absolute Gasteiger partial charge is 0.356 e. The lowest BCUT2D eigenvalue weighted by Gasteiger charge is -2.23. The van der Waals surface area contributed by atoms with E-state index in [1.54, 1.807) is 0 Å². The Morgan fingerprint density at radius 2 is 1.17 bits per heavy atom. The molecule has 1 saturated carbocycles. The van der Waals surface area contributed by atoms with Gasteiger partial charge in [0.2, 0.25) is 5.91 Å². The zero-order chi connectivity index (χ0) is 16.6. The van der Waals surface area contributed by atoms with Crippen LogP contribution in [0.3, 0.4) is 0 Å². The zero-order valence-electron chi connectivity index (χ0n) is 15.7. The predicted octanol–water partition coefficient (Wildman–Crippen LogP) is 6.38. The predicted molar refractivity (Wildman–Crippen MR) is 101 cm³/mol. The van der Waals surface area contributed by atoms with Crippen LogP contribution in [-0.2, 0) is 4.79 Å². The van der Waals surface area contributed by atoms with Gasteiger partial charge in [-0.25, -0.2) is 0 Å². The van der Waals surface area contributed by atoms with Gasteiger partial charge in [0.05, 0.1) is 0 Å². The van der Waals surface area contributed by atoms with Crippen LogP contribution in [0.25, 0.3) is 0 Å². The molecule has 1 aliphatic carbocycles. The molecule has 23 heavy (non-hydrogen) atoms. The van der Waals surface area contributed by atoms with Crippen LogP contribution in [0, 0.1) is 5.92 Å². The summed E-state index contributed by atoms with van der Waals surface area (Å²) in [4.78, 5) is 11.6. The van der Waals surface area contributed by atoms with Crippen molar-refractivity contribution >= 4 is 5.91 Å². The van der Waals surface area contributed by atoms with Gasteiger partial charge < -0.3 is 5.32 Å². The summed E-state index contributed by atoms with van der Waals surface area (Å²) in [5.74, 6) is 0.660. The Morgan fingerprint density at radius 3 is 1.57 bits per heavy atom. The van der Waals surface area contributed by atoms with Crippen LogP contribution in [0.5, 0.6) is 0 Å². The molecule has 1 fully saturated rings. The van der Waals surface area contributed by atoms with Gasteiger partial charge in [0, 0.05) is 12.5 Å². The number of amides is 1. The first-order valence-corrected chi connectivity index (χ1v) is 10.6. The van der Waals surface area contributed by atoms with Gasteiger partial charge in [-0.05, 0) is 19.3 Å². The van der Waals surface area contributed by atoms with Crippen LogP contribution < -0.4 is 5.32 Å². The van der Waals surface area contributed by atoms with E-state index in [0.717, 1.165) is 25.8 Å². The van der Waals surface area contributed by atoms with Crippen LogP contribution in [-0.4, -0.2) is 12.5 Å². The Labute approximate surface area is 145 Å². The Kier molecular flexibility index (Phi) is 13.4. The third-order valence-electron chi connectivity index (χ3n) is 5.31. The molecule has 0 heterocycles. The van der Waals surface area contributed by atoms with E-state index < -0.39 is 0 Å². The molecule has 0 radical (unpaired) electrons. The van der Waals surface area contributed by atoms with Gasteiger partial charge in [-0.2, -0.15) is 0 Å². The van der Waals surface area contributed by atoms with Gasteiger partial charge in [-0.1, -0.05) is 96.8 Å². The summed E-state index contributed by atoms with van der Waals surface area (Å²) in [6, 6.07) is 0. The van der Waals surface area contributed by atoms with Crippen molar-refractivity contribution in [2.75, 3.05) is 6.54 Å². The number of unbranched alkanes of at least 4 members (excludes halogenated alkanes) is 13. The molecule has 0 aromatic heterocycles. The summed E-state index contributed by atoms with van der Waals surface area (Å²) in [5.41, 5.74) is 0. The minimum Gasteiger partial charge on any atom is -0.356 e. The van der Waals surface area contributed by atoms with E-state index in [-0.39, 0.29) is 0 Å². The maximum absolute atomic E-state index is 11.6. The lowest BCUT2D eigenvalue weighted by Crippen LogP contribution is -2.34. The van der Waals surface area contributed by atoms with Crippen molar-refractivity contribution < 1.29 is 4.79 Å². The van der Waals surface area contributed by atoms with Crippen LogP contribution in [0.4, 0.5) is 0 Å². The first-order valence-electron chi connectivity index (χ1n) is 10.6. The molecular weight excluding hydrogens is 282 g/mol. The summed E-state index contributed by atoms with van der Waals surface area (Å²) >= 11 is 0. The number of nitrogens with one attached hydrogen (secondary N) is 1. The van der Waals surface area contributed by atoms with Crippen molar-refractivity contribution in [3.8, 4) is 0 Å². The maximum atomic E-state index is 11.6. The second kappa shape index (κ2) is 15.0. The molecule has 2 heteroatoms. The molecule has 0 unspecified atom stereocenters. The molecule has 1 N–H and O–H groups in total. The highest BCUT2D eigenvalue weighted by atomic mass is 16.1. The SMILES string of the molecule is CCCCCCCCCCCCCCCCNC(=O)C1CCC1. The average Bonchev–Trinajstić information content (AvgIpc) is 2.49. The van der Waals surface area contributed by atoms with Crippen molar-refractivity contribution in [3.63, 3.8) is 0 Å². The van der Waals surface area contributed by atoms with Crippen molar-refractivity contribution in [2.45, 2.75) is 116 Å². The van der Waals surface area contributed by atoms with E-state index >= 15 is 0 Å². The number of carbonyl (C=O) groups is 1. The lowest BCUT2D eigenvalue weighted by atomic mass is 9.85. The van der Waals surface area contributed by atoms with Crippen LogP contribution in [0.2, 0.25) is 0 Å². The van der Waals surface area contributed by atoms with Crippen LogP contribution in [0.15, 0.2) is 0 Å². The van der Waals surface area contributed by atoms with Crippen molar-refractivity contribution in [1.82, 2.24) is 5.32 Å². The number of hydrogen-bond donors (Lipinski definition) is 1. The smallest absolute Gasteiger partial charge is 0.223 e. The average molecular weight is 324 g/mol. The van der Waals surface area contributed by atoms with Crippen molar-refractivity contribution in [1.29, 1.82) is 0 Å². The molecule has 0 saturated heterocycles. The third-order valence-corrected chi connectivity index (χ3v) is 5.31. The van der Waals surface area contributed by atoms with Crippen molar-refractivity contribution in [2.24, 2.45) is 5.92 Å². The summed E-state index contributed by atoms with van der Waals surface area (Å²) in [7, 11) is 0. The molecule has 2 nitrogen and oxygen atoms in total. The fourth-order valence-corrected chi connectivity index (χ4v) is 3.35. The number of rotatable bonds is 16. The molecule has 0 bridgehead atoms. The van der Waals surface area contributed by atoms with Gasteiger partial charge in [0.1, 0.15) is 0 Å². The molecule has 0 spiro atoms. The molecule has 1 rings (SSSR count). The highest BCUT2D eigenvalue weighted by Crippen LogP contribution is 2.26. The van der Waals surface area contributed by atoms with Crippen LogP contribution in [0.1, 0.15) is 116 Å². The first kappa shape index (κ1) is 20.5. The Bertz CT molecular complexity index is 273. The highest BCUT2D eigenvalue weighted by Gasteiger charge is 2.24. The van der Waals surface area contributed by atoms with Gasteiger partial charge in [0.25, 0.3) is 0 Å². The van der Waals surface area contributed by atoms with E-state index in [1.807, 2.05) is 0 Å². The fraction of sp³-hybridized carbons (Fsp3) is 0.952. The fourth-order valence-electron chi connectivity index (χ4n) is 3.35. The molecule has 0 atom stereocenters. The van der Waals surface area contributed by atoms with Crippen molar-refractivity contribution in [3.05, 3.63) is 0 Å². The summed E-state index contributed by atoms with van der Waals surface area (Å²) in [6.07, 6.45) is 22.9. The third kappa shape index (κ3) is 11.6. The maximum Gasteiger partial charge on any atom is 0.223 e. The van der Waals surface area contributed by atoms with E-state index in [0.29, 0.717) is 11.8 Å². The van der Waals surface area contributed by atoms with Gasteiger partial charge in [-0.3, -0.25) is 4.79 Å². The quantitative estimate of drug-likeness (QED) is 0.328. The highest BCUT2D eigenvalue weighted by molar-refractivity contribution is 5.79. The molecule has 0 aromatic rings. The van der Waals surface area contributed by atoms with E-state index in [4.69, 9.17) is 0 Å². The van der Waals surface area contributed by atoms with E-state index in [1.165, 1.54) is 89.9 Å². The molecule has 1 amide bonds. The molecule has 0 aromatic carbocycles. The Hall–Kier alpha value is -0.530. The summed E-state index contributed by atoms with van der Waals surface area (Å²) in [5, 5.41) is 3.09. The van der Waals surface area contributed by atoms with Gasteiger partial charge >= 0.3 is 0 Å². The normalized spacial score (nSPS) is 14.7. The Morgan fingerprint density at radius 1 is 0.739 bits per heavy atom. The monoisotopic (exact) mass is 323 g/mol. The van der Waals surface area contributed by atoms with Gasteiger partial charge in [-0.15, -0.1) is 0 Å². The second-order valence-corrected chi connectivity index (χ2v) is 7.52. The molecule has 1 aliphatic rings. The minimum atomic E-state index is 0.311. The minimum absolute atomic E-state index is 0.311. The first-order chi connectivity index (χ1) is 11.3. The molecule has 136 valence electrons. The van der Waals surface area contributed by atoms with Gasteiger partial charge in [0.15, 0.2) is 0 Å². The van der Waals surface area contributed by atoms with E-state index in [2.05, 4.69) is 12.2 Å². The van der Waals surface area contributed by atoms with E-state index in [9.17, 15) is 4.79 Å². The zero-order valence-corrected chi connectivity index (χ0v) is 15.7.